The zero-order valence-corrected chi connectivity index (χ0v) is 14.2. The minimum absolute atomic E-state index is 0.361. The number of hydrogen-bond donors (Lipinski definition) is 2. The summed E-state index contributed by atoms with van der Waals surface area (Å²) in [6.07, 6.45) is 4.74. The van der Waals surface area contributed by atoms with E-state index in [1.54, 1.807) is 36.8 Å². The number of pyridine rings is 1. The number of benzene rings is 2. The second-order valence-electron chi connectivity index (χ2n) is 5.80. The molecule has 0 saturated carbocycles. The van der Waals surface area contributed by atoms with Gasteiger partial charge in [-0.2, -0.15) is 0 Å². The van der Waals surface area contributed by atoms with Gasteiger partial charge in [-0.3, -0.25) is 30.0 Å². The number of rotatable bonds is 3. The van der Waals surface area contributed by atoms with Crippen LogP contribution < -0.4 is 10.9 Å². The quantitative estimate of drug-likeness (QED) is 0.551. The zero-order valence-electron chi connectivity index (χ0n) is 14.2. The van der Waals surface area contributed by atoms with Gasteiger partial charge in [0.25, 0.3) is 11.8 Å². The third-order valence-electron chi connectivity index (χ3n) is 4.07. The molecule has 0 spiro atoms. The highest BCUT2D eigenvalue weighted by Gasteiger charge is 2.10. The Labute approximate surface area is 154 Å². The van der Waals surface area contributed by atoms with Gasteiger partial charge in [-0.1, -0.05) is 12.1 Å². The molecule has 0 unspecified atom stereocenters. The van der Waals surface area contributed by atoms with Gasteiger partial charge in [-0.25, -0.2) is 4.98 Å². The van der Waals surface area contributed by atoms with Crippen molar-refractivity contribution < 1.29 is 9.59 Å². The summed E-state index contributed by atoms with van der Waals surface area (Å²) in [5.41, 5.74) is 8.33. The fraction of sp³-hybridized carbons (Fsp3) is 0. The lowest BCUT2D eigenvalue weighted by molar-refractivity contribution is 0.0846. The molecule has 7 heteroatoms. The summed E-state index contributed by atoms with van der Waals surface area (Å²) >= 11 is 0. The van der Waals surface area contributed by atoms with Crippen molar-refractivity contribution in [3.05, 3.63) is 90.5 Å². The van der Waals surface area contributed by atoms with Crippen LogP contribution in [-0.2, 0) is 0 Å². The Morgan fingerprint density at radius 2 is 1.56 bits per heavy atom. The van der Waals surface area contributed by atoms with E-state index in [0.717, 1.165) is 16.7 Å². The number of fused-ring (bicyclic) bond motifs is 1. The standard InChI is InChI=1S/C20H15N5O2/c26-19(23-24-20(27)15-4-3-11-21-12-15)14-7-9-16(10-8-14)25-13-22-17-5-1-2-6-18(17)25/h1-13H,(H,23,26)(H,24,27). The van der Waals surface area contributed by atoms with Crippen molar-refractivity contribution in [2.45, 2.75) is 0 Å². The van der Waals surface area contributed by atoms with Crippen molar-refractivity contribution in [3.63, 3.8) is 0 Å². The topological polar surface area (TPSA) is 88.9 Å². The summed E-state index contributed by atoms with van der Waals surface area (Å²) in [5.74, 6) is -0.841. The number of aromatic nitrogens is 3. The number of imidazole rings is 1. The highest BCUT2D eigenvalue weighted by atomic mass is 16.2. The van der Waals surface area contributed by atoms with Crippen LogP contribution in [-0.4, -0.2) is 26.3 Å². The number of para-hydroxylation sites is 2. The first-order valence-electron chi connectivity index (χ1n) is 8.25. The van der Waals surface area contributed by atoms with Gasteiger partial charge in [0.05, 0.1) is 16.6 Å². The van der Waals surface area contributed by atoms with E-state index in [0.29, 0.717) is 11.1 Å². The van der Waals surface area contributed by atoms with Gasteiger partial charge in [0.2, 0.25) is 0 Å². The summed E-state index contributed by atoms with van der Waals surface area (Å²) in [6.45, 7) is 0. The van der Waals surface area contributed by atoms with Crippen molar-refractivity contribution >= 4 is 22.8 Å². The van der Waals surface area contributed by atoms with E-state index in [1.165, 1.54) is 6.20 Å². The SMILES string of the molecule is O=C(NNC(=O)c1cccnc1)c1ccc(-n2cnc3ccccc32)cc1. The summed E-state index contributed by atoms with van der Waals surface area (Å²) in [4.78, 5) is 32.4. The average Bonchev–Trinajstić information content (AvgIpc) is 3.16. The van der Waals surface area contributed by atoms with Gasteiger partial charge in [-0.05, 0) is 48.5 Å². The Hall–Kier alpha value is -4.00. The lowest BCUT2D eigenvalue weighted by Crippen LogP contribution is -2.41. The number of nitrogens with zero attached hydrogens (tertiary/aromatic N) is 3. The molecule has 0 fully saturated rings. The van der Waals surface area contributed by atoms with E-state index >= 15 is 0 Å². The molecule has 0 radical (unpaired) electrons. The van der Waals surface area contributed by atoms with Crippen molar-refractivity contribution in [1.29, 1.82) is 0 Å². The molecule has 2 aromatic carbocycles. The molecule has 0 aliphatic carbocycles. The molecule has 2 heterocycles. The van der Waals surface area contributed by atoms with E-state index in [1.807, 2.05) is 41.0 Å². The normalized spacial score (nSPS) is 10.5. The average molecular weight is 357 g/mol. The summed E-state index contributed by atoms with van der Waals surface area (Å²) < 4.78 is 1.95. The Morgan fingerprint density at radius 3 is 2.30 bits per heavy atom. The van der Waals surface area contributed by atoms with Gasteiger partial charge < -0.3 is 0 Å². The van der Waals surface area contributed by atoms with Gasteiger partial charge in [0.1, 0.15) is 6.33 Å². The Balaban J connectivity index is 1.46. The third-order valence-corrected chi connectivity index (χ3v) is 4.07. The molecule has 0 aliphatic heterocycles. The molecule has 0 atom stereocenters. The van der Waals surface area contributed by atoms with Gasteiger partial charge in [-0.15, -0.1) is 0 Å². The van der Waals surface area contributed by atoms with E-state index in [-0.39, 0.29) is 0 Å². The molecule has 2 N–H and O–H groups in total. The monoisotopic (exact) mass is 357 g/mol. The lowest BCUT2D eigenvalue weighted by Gasteiger charge is -2.08. The second kappa shape index (κ2) is 7.09. The van der Waals surface area contributed by atoms with Crippen LogP contribution in [0.3, 0.4) is 0 Å². The first-order chi connectivity index (χ1) is 13.2. The number of hydrazine groups is 1. The van der Waals surface area contributed by atoms with Crippen LogP contribution in [0.5, 0.6) is 0 Å². The Bertz CT molecular complexity index is 1100. The largest absolute Gasteiger partial charge is 0.299 e. The molecule has 4 rings (SSSR count). The summed E-state index contributed by atoms with van der Waals surface area (Å²) in [7, 11) is 0. The van der Waals surface area contributed by atoms with Crippen LogP contribution in [0.4, 0.5) is 0 Å². The molecule has 2 aromatic heterocycles. The number of hydrogen-bond acceptors (Lipinski definition) is 4. The maximum Gasteiger partial charge on any atom is 0.271 e. The van der Waals surface area contributed by atoms with E-state index < -0.39 is 11.8 Å². The molecule has 7 nitrogen and oxygen atoms in total. The molecular weight excluding hydrogens is 342 g/mol. The maximum atomic E-state index is 12.2. The number of nitrogens with one attached hydrogen (secondary N) is 2. The number of carbonyl (C=O) groups is 2. The predicted octanol–water partition coefficient (Wildman–Crippen LogP) is 2.50. The first-order valence-corrected chi connectivity index (χ1v) is 8.25. The van der Waals surface area contributed by atoms with E-state index in [2.05, 4.69) is 20.8 Å². The van der Waals surface area contributed by atoms with Crippen molar-refractivity contribution in [3.8, 4) is 5.69 Å². The van der Waals surface area contributed by atoms with Gasteiger partial charge >= 0.3 is 0 Å². The number of amides is 2. The molecule has 2 amide bonds. The van der Waals surface area contributed by atoms with Crippen LogP contribution in [0.1, 0.15) is 20.7 Å². The molecule has 132 valence electrons. The van der Waals surface area contributed by atoms with Crippen LogP contribution >= 0.6 is 0 Å². The highest BCUT2D eigenvalue weighted by molar-refractivity contribution is 5.99. The molecule has 0 aliphatic rings. The van der Waals surface area contributed by atoms with E-state index in [9.17, 15) is 9.59 Å². The van der Waals surface area contributed by atoms with Crippen LogP contribution in [0, 0.1) is 0 Å². The third kappa shape index (κ3) is 3.38. The Kier molecular flexibility index (Phi) is 4.32. The molecule has 0 saturated heterocycles. The van der Waals surface area contributed by atoms with Gasteiger partial charge in [0, 0.05) is 23.6 Å². The molecular formula is C20H15N5O2. The van der Waals surface area contributed by atoms with Crippen LogP contribution in [0.15, 0.2) is 79.4 Å². The fourth-order valence-electron chi connectivity index (χ4n) is 2.69. The van der Waals surface area contributed by atoms with Crippen molar-refractivity contribution in [2.75, 3.05) is 0 Å². The van der Waals surface area contributed by atoms with Crippen LogP contribution in [0.2, 0.25) is 0 Å². The maximum absolute atomic E-state index is 12.2. The minimum atomic E-state index is -0.432. The molecule has 0 bridgehead atoms. The van der Waals surface area contributed by atoms with Crippen molar-refractivity contribution in [2.24, 2.45) is 0 Å². The first kappa shape index (κ1) is 16.5. The second-order valence-corrected chi connectivity index (χ2v) is 5.80. The molecule has 27 heavy (non-hydrogen) atoms. The number of carbonyl (C=O) groups excluding carboxylic acids is 2. The predicted molar refractivity (Wildman–Crippen MR) is 100 cm³/mol. The van der Waals surface area contributed by atoms with Crippen molar-refractivity contribution in [1.82, 2.24) is 25.4 Å². The minimum Gasteiger partial charge on any atom is -0.299 e. The smallest absolute Gasteiger partial charge is 0.271 e. The fourth-order valence-corrected chi connectivity index (χ4v) is 2.69. The molecule has 4 aromatic rings. The lowest BCUT2D eigenvalue weighted by atomic mass is 10.2. The van der Waals surface area contributed by atoms with E-state index in [4.69, 9.17) is 0 Å². The summed E-state index contributed by atoms with van der Waals surface area (Å²) in [5, 5.41) is 0. The Morgan fingerprint density at radius 1 is 0.815 bits per heavy atom. The highest BCUT2D eigenvalue weighted by Crippen LogP contribution is 2.18. The summed E-state index contributed by atoms with van der Waals surface area (Å²) in [6, 6.07) is 18.1. The van der Waals surface area contributed by atoms with Gasteiger partial charge in [0.15, 0.2) is 0 Å². The zero-order chi connectivity index (χ0) is 18.6. The van der Waals surface area contributed by atoms with Crippen LogP contribution in [0.25, 0.3) is 16.7 Å².